The molecule has 4 heteroatoms. The fraction of sp³-hybridized carbons (Fsp3) is 0.200. The number of pyridine rings is 1. The number of carbonyl (C=O) groups is 1. The number of benzene rings is 1. The van der Waals surface area contributed by atoms with Crippen LogP contribution in [-0.4, -0.2) is 11.0 Å². The normalized spacial score (nSPS) is 11.9. The van der Waals surface area contributed by atoms with Crippen LogP contribution in [0.25, 0.3) is 0 Å². The van der Waals surface area contributed by atoms with Crippen molar-refractivity contribution in [1.82, 2.24) is 4.98 Å². The van der Waals surface area contributed by atoms with Crippen LogP contribution in [0.3, 0.4) is 0 Å². The fourth-order valence-electron chi connectivity index (χ4n) is 1.70. The molecule has 1 aromatic heterocycles. The summed E-state index contributed by atoms with van der Waals surface area (Å²) >= 11 is 5.84. The first-order valence-corrected chi connectivity index (χ1v) is 6.39. The molecule has 1 heterocycles. The van der Waals surface area contributed by atoms with Gasteiger partial charge in [-0.15, -0.1) is 0 Å². The van der Waals surface area contributed by atoms with Gasteiger partial charge < -0.3 is 4.74 Å². The number of aromatic nitrogens is 1. The lowest BCUT2D eigenvalue weighted by atomic mass is 10.0. The molecule has 0 aliphatic heterocycles. The van der Waals surface area contributed by atoms with E-state index in [0.717, 1.165) is 5.56 Å². The third kappa shape index (κ3) is 4.07. The molecule has 19 heavy (non-hydrogen) atoms. The maximum atomic E-state index is 11.9. The van der Waals surface area contributed by atoms with Crippen molar-refractivity contribution in [2.24, 2.45) is 5.92 Å². The zero-order chi connectivity index (χ0) is 13.7. The molecule has 0 unspecified atom stereocenters. The lowest BCUT2D eigenvalue weighted by Gasteiger charge is -2.11. The highest BCUT2D eigenvalue weighted by Crippen LogP contribution is 2.19. The number of hydrogen-bond donors (Lipinski definition) is 0. The van der Waals surface area contributed by atoms with E-state index in [2.05, 4.69) is 4.98 Å². The molecule has 0 amide bonds. The number of hydrogen-bond acceptors (Lipinski definition) is 3. The van der Waals surface area contributed by atoms with E-state index in [1.807, 2.05) is 19.1 Å². The van der Waals surface area contributed by atoms with E-state index in [1.54, 1.807) is 36.7 Å². The first-order chi connectivity index (χ1) is 9.15. The third-order valence-electron chi connectivity index (χ3n) is 2.68. The second-order valence-corrected chi connectivity index (χ2v) is 4.78. The summed E-state index contributed by atoms with van der Waals surface area (Å²) in [5.74, 6) is -0.0372. The maximum absolute atomic E-state index is 11.9. The molecule has 2 aromatic rings. The van der Waals surface area contributed by atoms with Gasteiger partial charge in [-0.2, -0.15) is 0 Å². The number of ether oxygens (including phenoxy) is 1. The highest BCUT2D eigenvalue weighted by molar-refractivity contribution is 6.30. The van der Waals surface area contributed by atoms with Crippen molar-refractivity contribution in [3.63, 3.8) is 0 Å². The predicted octanol–water partition coefficient (Wildman–Crippen LogP) is 3.52. The van der Waals surface area contributed by atoms with Crippen LogP contribution in [0.1, 0.15) is 12.5 Å². The van der Waals surface area contributed by atoms with Crippen LogP contribution in [0.4, 0.5) is 0 Å². The molecular weight excluding hydrogens is 262 g/mol. The minimum absolute atomic E-state index is 0.233. The van der Waals surface area contributed by atoms with Crippen molar-refractivity contribution in [3.8, 4) is 5.75 Å². The lowest BCUT2D eigenvalue weighted by molar-refractivity contribution is -0.138. The zero-order valence-electron chi connectivity index (χ0n) is 10.5. The van der Waals surface area contributed by atoms with Crippen molar-refractivity contribution in [2.45, 2.75) is 13.3 Å². The number of carbonyl (C=O) groups excluding carboxylic acids is 1. The molecule has 1 aromatic carbocycles. The minimum Gasteiger partial charge on any atom is -0.426 e. The van der Waals surface area contributed by atoms with Crippen LogP contribution < -0.4 is 4.74 Å². The molecule has 0 aliphatic rings. The second kappa shape index (κ2) is 6.34. The summed E-state index contributed by atoms with van der Waals surface area (Å²) in [6, 6.07) is 10.6. The van der Waals surface area contributed by atoms with E-state index < -0.39 is 0 Å². The number of esters is 1. The average molecular weight is 276 g/mol. The van der Waals surface area contributed by atoms with Gasteiger partial charge in [0.2, 0.25) is 0 Å². The monoisotopic (exact) mass is 275 g/mol. The topological polar surface area (TPSA) is 39.2 Å². The van der Waals surface area contributed by atoms with Gasteiger partial charge in [-0.05, 0) is 36.2 Å². The Morgan fingerprint density at radius 2 is 2.21 bits per heavy atom. The average Bonchev–Trinajstić information content (AvgIpc) is 2.40. The van der Waals surface area contributed by atoms with Crippen molar-refractivity contribution in [2.75, 3.05) is 0 Å². The molecule has 98 valence electrons. The summed E-state index contributed by atoms with van der Waals surface area (Å²) in [4.78, 5) is 16.0. The molecule has 0 N–H and O–H groups in total. The molecule has 1 atom stereocenters. The Labute approximate surface area is 117 Å². The zero-order valence-corrected chi connectivity index (χ0v) is 11.3. The van der Waals surface area contributed by atoms with Gasteiger partial charge in [0.15, 0.2) is 0 Å². The summed E-state index contributed by atoms with van der Waals surface area (Å²) in [6.07, 6.45) is 4.06. The van der Waals surface area contributed by atoms with Crippen LogP contribution in [0.2, 0.25) is 5.02 Å². The van der Waals surface area contributed by atoms with Gasteiger partial charge >= 0.3 is 5.97 Å². The molecule has 3 nitrogen and oxygen atoms in total. The van der Waals surface area contributed by atoms with Crippen LogP contribution in [0.5, 0.6) is 5.75 Å². The van der Waals surface area contributed by atoms with Crippen LogP contribution in [-0.2, 0) is 11.2 Å². The van der Waals surface area contributed by atoms with Crippen molar-refractivity contribution < 1.29 is 9.53 Å². The summed E-state index contributed by atoms with van der Waals surface area (Å²) in [5.41, 5.74) is 1.01. The quantitative estimate of drug-likeness (QED) is 0.633. The Bertz CT molecular complexity index is 557. The van der Waals surface area contributed by atoms with Crippen LogP contribution in [0, 0.1) is 5.92 Å². The van der Waals surface area contributed by atoms with Crippen LogP contribution in [0.15, 0.2) is 48.8 Å². The highest BCUT2D eigenvalue weighted by atomic mass is 35.5. The molecule has 0 saturated carbocycles. The van der Waals surface area contributed by atoms with E-state index in [1.165, 1.54) is 0 Å². The van der Waals surface area contributed by atoms with Gasteiger partial charge in [0, 0.05) is 17.4 Å². The number of halogens is 1. The molecule has 0 spiro atoms. The molecular formula is C15H14ClNO2. The molecule has 0 aliphatic carbocycles. The fourth-order valence-corrected chi connectivity index (χ4v) is 1.88. The van der Waals surface area contributed by atoms with E-state index in [0.29, 0.717) is 17.2 Å². The summed E-state index contributed by atoms with van der Waals surface area (Å²) in [5, 5.41) is 0.546. The summed E-state index contributed by atoms with van der Waals surface area (Å²) < 4.78 is 5.29. The van der Waals surface area contributed by atoms with Gasteiger partial charge in [-0.1, -0.05) is 30.7 Å². The van der Waals surface area contributed by atoms with E-state index >= 15 is 0 Å². The van der Waals surface area contributed by atoms with Gasteiger partial charge in [0.05, 0.1) is 5.92 Å². The van der Waals surface area contributed by atoms with Gasteiger partial charge in [-0.25, -0.2) is 0 Å². The molecule has 0 radical (unpaired) electrons. The largest absolute Gasteiger partial charge is 0.426 e. The van der Waals surface area contributed by atoms with Crippen molar-refractivity contribution in [3.05, 3.63) is 59.4 Å². The van der Waals surface area contributed by atoms with Crippen molar-refractivity contribution >= 4 is 17.6 Å². The third-order valence-corrected chi connectivity index (χ3v) is 2.92. The highest BCUT2D eigenvalue weighted by Gasteiger charge is 2.16. The standard InChI is InChI=1S/C15H14ClNO2/c1-11(8-12-4-3-7-17-10-12)15(18)19-14-6-2-5-13(16)9-14/h2-7,9-11H,8H2,1H3/t11-/m1/s1. The van der Waals surface area contributed by atoms with Crippen LogP contribution >= 0.6 is 11.6 Å². The summed E-state index contributed by atoms with van der Waals surface area (Å²) in [7, 11) is 0. The smallest absolute Gasteiger partial charge is 0.314 e. The second-order valence-electron chi connectivity index (χ2n) is 4.34. The lowest BCUT2D eigenvalue weighted by Crippen LogP contribution is -2.19. The molecule has 0 bridgehead atoms. The number of nitrogens with zero attached hydrogens (tertiary/aromatic N) is 1. The summed E-state index contributed by atoms with van der Waals surface area (Å²) in [6.45, 7) is 1.83. The SMILES string of the molecule is C[C@H](Cc1cccnc1)C(=O)Oc1cccc(Cl)c1. The maximum Gasteiger partial charge on any atom is 0.314 e. The van der Waals surface area contributed by atoms with Gasteiger partial charge in [0.25, 0.3) is 0 Å². The van der Waals surface area contributed by atoms with Gasteiger partial charge in [0.1, 0.15) is 5.75 Å². The Kier molecular flexibility index (Phi) is 4.53. The van der Waals surface area contributed by atoms with Gasteiger partial charge in [-0.3, -0.25) is 9.78 Å². The molecule has 2 rings (SSSR count). The Hall–Kier alpha value is -1.87. The Balaban J connectivity index is 1.96. The van der Waals surface area contributed by atoms with E-state index in [9.17, 15) is 4.79 Å². The Morgan fingerprint density at radius 1 is 1.37 bits per heavy atom. The Morgan fingerprint density at radius 3 is 2.89 bits per heavy atom. The van der Waals surface area contributed by atoms with Crippen molar-refractivity contribution in [1.29, 1.82) is 0 Å². The first-order valence-electron chi connectivity index (χ1n) is 6.01. The minimum atomic E-state index is -0.272. The number of rotatable bonds is 4. The first kappa shape index (κ1) is 13.6. The molecule has 0 saturated heterocycles. The van der Waals surface area contributed by atoms with E-state index in [4.69, 9.17) is 16.3 Å². The predicted molar refractivity (Wildman–Crippen MR) is 74.2 cm³/mol. The molecule has 0 fully saturated rings. The van der Waals surface area contributed by atoms with E-state index in [-0.39, 0.29) is 11.9 Å².